The molecule has 0 saturated heterocycles. The molecule has 0 aromatic heterocycles. The van der Waals surface area contributed by atoms with Crippen LogP contribution in [0.4, 0.5) is 4.39 Å². The van der Waals surface area contributed by atoms with Gasteiger partial charge in [0.25, 0.3) is 0 Å². The summed E-state index contributed by atoms with van der Waals surface area (Å²) in [4.78, 5) is 23.8. The SMILES string of the molecule is CC(=O)O[C@@H]1C[C@@H]2C(F)[C@](O)(c3ccc(-c4ccccc4)cc3)CC[C@]2(C)[C@H]2CC[C@]3(C)[C@@H]([C@H](C)CCC(=O)O)CC[C@H]3[C@H]12. The number of fused-ring (bicyclic) bond motifs is 5. The fraction of sp³-hybridized carbons (Fsp3) is 0.632. The van der Waals surface area contributed by atoms with Crippen LogP contribution in [0.3, 0.4) is 0 Å². The summed E-state index contributed by atoms with van der Waals surface area (Å²) in [6.07, 6.45) is 4.60. The van der Waals surface area contributed by atoms with Crippen LogP contribution in [-0.4, -0.2) is 34.4 Å². The number of halogens is 1. The summed E-state index contributed by atoms with van der Waals surface area (Å²) >= 11 is 0. The lowest BCUT2D eigenvalue weighted by molar-refractivity contribution is -0.226. The minimum Gasteiger partial charge on any atom is -0.481 e. The lowest BCUT2D eigenvalue weighted by atomic mass is 9.42. The van der Waals surface area contributed by atoms with Crippen LogP contribution in [-0.2, 0) is 19.9 Å². The Balaban J connectivity index is 1.28. The maximum atomic E-state index is 17.0. The standard InChI is InChI=1S/C38H49FO5/c1-23(10-17-33(41)42)28-15-16-29-34-30(18-19-36(28,29)3)37(4)20-21-38(43,35(39)31(37)22-32(34)44-24(2)40)27-13-11-26(12-14-27)25-8-6-5-7-9-25/h5-9,11-14,23,28-32,34-35,43H,10,15-22H2,1-4H3,(H,41,42)/t23-,28-,29+,30+,31-,32-,34+,35?,36-,37-,38-/m1/s1. The molecular weight excluding hydrogens is 555 g/mol. The number of hydrogen-bond donors (Lipinski definition) is 2. The van der Waals surface area contributed by atoms with Gasteiger partial charge in [-0.1, -0.05) is 75.4 Å². The van der Waals surface area contributed by atoms with Gasteiger partial charge in [-0.25, -0.2) is 4.39 Å². The van der Waals surface area contributed by atoms with Gasteiger partial charge in [0.15, 0.2) is 0 Å². The average Bonchev–Trinajstić information content (AvgIpc) is 3.36. The van der Waals surface area contributed by atoms with Gasteiger partial charge in [-0.3, -0.25) is 9.59 Å². The molecule has 11 atom stereocenters. The van der Waals surface area contributed by atoms with Crippen molar-refractivity contribution in [3.8, 4) is 11.1 Å². The van der Waals surface area contributed by atoms with Crippen molar-refractivity contribution in [2.75, 3.05) is 0 Å². The van der Waals surface area contributed by atoms with E-state index in [1.807, 2.05) is 54.6 Å². The molecule has 5 nitrogen and oxygen atoms in total. The van der Waals surface area contributed by atoms with Crippen molar-refractivity contribution in [1.82, 2.24) is 0 Å². The molecule has 0 spiro atoms. The molecule has 0 radical (unpaired) electrons. The van der Waals surface area contributed by atoms with Gasteiger partial charge >= 0.3 is 11.9 Å². The summed E-state index contributed by atoms with van der Waals surface area (Å²) in [5.41, 5.74) is 0.881. The van der Waals surface area contributed by atoms with E-state index in [2.05, 4.69) is 20.8 Å². The molecule has 1 unspecified atom stereocenters. The molecule has 2 aromatic carbocycles. The molecule has 2 N–H and O–H groups in total. The molecule has 238 valence electrons. The van der Waals surface area contributed by atoms with Crippen molar-refractivity contribution < 1.29 is 28.9 Å². The first kappa shape index (κ1) is 31.3. The number of carbonyl (C=O) groups is 2. The number of carboxylic acids is 1. The zero-order valence-corrected chi connectivity index (χ0v) is 26.7. The maximum Gasteiger partial charge on any atom is 0.303 e. The van der Waals surface area contributed by atoms with Gasteiger partial charge in [0.1, 0.15) is 17.9 Å². The summed E-state index contributed by atoms with van der Waals surface area (Å²) in [5.74, 6) is -0.0371. The van der Waals surface area contributed by atoms with Gasteiger partial charge in [0.2, 0.25) is 0 Å². The highest BCUT2D eigenvalue weighted by atomic mass is 19.1. The molecule has 4 fully saturated rings. The quantitative estimate of drug-likeness (QED) is 0.311. The second-order valence-electron chi connectivity index (χ2n) is 15.2. The second-order valence-corrected chi connectivity index (χ2v) is 15.2. The van der Waals surface area contributed by atoms with E-state index in [9.17, 15) is 19.8 Å². The lowest BCUT2D eigenvalue weighted by Gasteiger charge is -2.64. The second kappa shape index (κ2) is 11.6. The number of benzene rings is 2. The number of aliphatic hydroxyl groups is 1. The van der Waals surface area contributed by atoms with E-state index in [-0.39, 0.29) is 41.2 Å². The van der Waals surface area contributed by atoms with Crippen LogP contribution in [0, 0.1) is 46.3 Å². The average molecular weight is 605 g/mol. The van der Waals surface area contributed by atoms with Crippen LogP contribution in [0.15, 0.2) is 54.6 Å². The number of alkyl halides is 1. The van der Waals surface area contributed by atoms with Crippen molar-refractivity contribution in [1.29, 1.82) is 0 Å². The van der Waals surface area contributed by atoms with E-state index in [1.165, 1.54) is 6.92 Å². The summed E-state index contributed by atoms with van der Waals surface area (Å²) in [6, 6.07) is 17.7. The third-order valence-electron chi connectivity index (χ3n) is 13.2. The first-order valence-corrected chi connectivity index (χ1v) is 16.8. The molecule has 2 aromatic rings. The summed E-state index contributed by atoms with van der Waals surface area (Å²) in [6.45, 7) is 8.29. The summed E-state index contributed by atoms with van der Waals surface area (Å²) in [7, 11) is 0. The number of esters is 1. The normalized spacial score (nSPS) is 40.3. The van der Waals surface area contributed by atoms with Crippen molar-refractivity contribution in [3.05, 3.63) is 60.2 Å². The topological polar surface area (TPSA) is 83.8 Å². The van der Waals surface area contributed by atoms with Gasteiger partial charge in [-0.15, -0.1) is 0 Å². The van der Waals surface area contributed by atoms with E-state index < -0.39 is 23.7 Å². The molecule has 6 heteroatoms. The molecule has 4 aliphatic carbocycles. The van der Waals surface area contributed by atoms with Crippen LogP contribution in [0.5, 0.6) is 0 Å². The predicted molar refractivity (Wildman–Crippen MR) is 168 cm³/mol. The van der Waals surface area contributed by atoms with Crippen molar-refractivity contribution >= 4 is 11.9 Å². The highest BCUT2D eigenvalue weighted by Gasteiger charge is 2.67. The van der Waals surface area contributed by atoms with Gasteiger partial charge < -0.3 is 14.9 Å². The van der Waals surface area contributed by atoms with Crippen molar-refractivity contribution in [3.63, 3.8) is 0 Å². The zero-order valence-electron chi connectivity index (χ0n) is 26.7. The molecule has 0 amide bonds. The number of hydrogen-bond acceptors (Lipinski definition) is 4. The first-order valence-electron chi connectivity index (χ1n) is 16.8. The molecule has 4 aliphatic rings. The third kappa shape index (κ3) is 5.09. The van der Waals surface area contributed by atoms with E-state index in [4.69, 9.17) is 4.74 Å². The molecule has 44 heavy (non-hydrogen) atoms. The van der Waals surface area contributed by atoms with Crippen molar-refractivity contribution in [2.45, 2.75) is 103 Å². The largest absolute Gasteiger partial charge is 0.481 e. The molecule has 0 bridgehead atoms. The minimum absolute atomic E-state index is 0.0473. The Hall–Kier alpha value is -2.73. The number of aliphatic carboxylic acids is 1. The predicted octanol–water partition coefficient (Wildman–Crippen LogP) is 8.19. The van der Waals surface area contributed by atoms with Gasteiger partial charge in [-0.05, 0) is 103 Å². The van der Waals surface area contributed by atoms with Crippen LogP contribution in [0.1, 0.15) is 91.0 Å². The molecule has 6 rings (SSSR count). The van der Waals surface area contributed by atoms with Crippen LogP contribution in [0.25, 0.3) is 11.1 Å². The molecular formula is C38H49FO5. The highest BCUT2D eigenvalue weighted by Crippen LogP contribution is 2.70. The fourth-order valence-electron chi connectivity index (χ4n) is 10.9. The van der Waals surface area contributed by atoms with Gasteiger partial charge in [0, 0.05) is 25.2 Å². The number of carboxylic acid groups (broad SMARTS) is 1. The van der Waals surface area contributed by atoms with E-state index >= 15 is 4.39 Å². The van der Waals surface area contributed by atoms with Gasteiger partial charge in [0.05, 0.1) is 0 Å². The fourth-order valence-corrected chi connectivity index (χ4v) is 10.9. The van der Waals surface area contributed by atoms with Crippen molar-refractivity contribution in [2.24, 2.45) is 46.3 Å². The zero-order chi connectivity index (χ0) is 31.4. The Bertz CT molecular complexity index is 1360. The van der Waals surface area contributed by atoms with E-state index in [0.29, 0.717) is 42.6 Å². The van der Waals surface area contributed by atoms with Crippen LogP contribution < -0.4 is 0 Å². The molecule has 4 saturated carbocycles. The Labute approximate surface area is 261 Å². The maximum absolute atomic E-state index is 17.0. The highest BCUT2D eigenvalue weighted by molar-refractivity contribution is 5.67. The Kier molecular flexibility index (Phi) is 8.22. The number of carbonyl (C=O) groups excluding carboxylic acids is 1. The number of ether oxygens (including phenoxy) is 1. The lowest BCUT2D eigenvalue weighted by Crippen LogP contribution is -2.63. The van der Waals surface area contributed by atoms with Gasteiger partial charge in [-0.2, -0.15) is 0 Å². The summed E-state index contributed by atoms with van der Waals surface area (Å²) in [5, 5.41) is 21.3. The molecule has 0 heterocycles. The molecule has 0 aliphatic heterocycles. The smallest absolute Gasteiger partial charge is 0.303 e. The monoisotopic (exact) mass is 604 g/mol. The van der Waals surface area contributed by atoms with Crippen LogP contribution in [0.2, 0.25) is 0 Å². The van der Waals surface area contributed by atoms with E-state index in [1.54, 1.807) is 0 Å². The Morgan fingerprint density at radius 3 is 2.23 bits per heavy atom. The Morgan fingerprint density at radius 1 is 0.909 bits per heavy atom. The van der Waals surface area contributed by atoms with Crippen LogP contribution >= 0.6 is 0 Å². The summed E-state index contributed by atoms with van der Waals surface area (Å²) < 4.78 is 23.1. The number of rotatable bonds is 7. The Morgan fingerprint density at radius 2 is 1.57 bits per heavy atom. The first-order chi connectivity index (χ1) is 20.9. The minimum atomic E-state index is -1.59. The van der Waals surface area contributed by atoms with E-state index in [0.717, 1.165) is 43.2 Å². The third-order valence-corrected chi connectivity index (χ3v) is 13.2.